The molecule has 0 aliphatic rings. The molecule has 0 radical (unpaired) electrons. The molecule has 0 unspecified atom stereocenters. The van der Waals surface area contributed by atoms with E-state index < -0.39 is 0 Å². The van der Waals surface area contributed by atoms with Gasteiger partial charge in [0, 0.05) is 11.4 Å². The Morgan fingerprint density at radius 2 is 1.66 bits per heavy atom. The number of hydrogen-bond acceptors (Lipinski definition) is 5. The van der Waals surface area contributed by atoms with Crippen molar-refractivity contribution in [1.82, 2.24) is 10.9 Å². The molecule has 7 nitrogen and oxygen atoms in total. The molecule has 0 fully saturated rings. The van der Waals surface area contributed by atoms with E-state index >= 15 is 0 Å². The van der Waals surface area contributed by atoms with E-state index in [0.29, 0.717) is 39.4 Å². The Hall–Kier alpha value is -2.42. The lowest BCUT2D eigenvalue weighted by atomic mass is 10.1. The predicted molar refractivity (Wildman–Crippen MR) is 118 cm³/mol. The van der Waals surface area contributed by atoms with Crippen molar-refractivity contribution in [2.45, 2.75) is 12.8 Å². The Kier molecular flexibility index (Phi) is 8.63. The number of rotatable bonds is 7. The van der Waals surface area contributed by atoms with Crippen molar-refractivity contribution in [3.05, 3.63) is 45.9 Å². The number of hydrazine groups is 1. The molecule has 0 aliphatic heterocycles. The SMILES string of the molecule is COc1cc(CCC(=O)NNC(=S)Nc2cc(Cl)ccc2Cl)cc(OC)c1OC. The molecule has 2 aromatic carbocycles. The second-order valence-electron chi connectivity index (χ2n) is 5.79. The number of ether oxygens (including phenoxy) is 3. The summed E-state index contributed by atoms with van der Waals surface area (Å²) in [4.78, 5) is 12.1. The van der Waals surface area contributed by atoms with Crippen molar-refractivity contribution in [3.8, 4) is 17.2 Å². The summed E-state index contributed by atoms with van der Waals surface area (Å²) in [6.45, 7) is 0. The number of carbonyl (C=O) groups excluding carboxylic acids is 1. The second kappa shape index (κ2) is 10.9. The summed E-state index contributed by atoms with van der Waals surface area (Å²) >= 11 is 17.1. The van der Waals surface area contributed by atoms with Crippen molar-refractivity contribution in [1.29, 1.82) is 0 Å². The van der Waals surface area contributed by atoms with Gasteiger partial charge in [0.05, 0.1) is 32.0 Å². The number of aryl methyl sites for hydroxylation is 1. The van der Waals surface area contributed by atoms with Crippen LogP contribution < -0.4 is 30.4 Å². The average molecular weight is 458 g/mol. The first kappa shape index (κ1) is 22.9. The summed E-state index contributed by atoms with van der Waals surface area (Å²) in [5.74, 6) is 1.31. The van der Waals surface area contributed by atoms with E-state index in [4.69, 9.17) is 49.6 Å². The molecule has 0 aromatic heterocycles. The van der Waals surface area contributed by atoms with Gasteiger partial charge in [-0.1, -0.05) is 23.2 Å². The van der Waals surface area contributed by atoms with Gasteiger partial charge >= 0.3 is 0 Å². The molecule has 0 heterocycles. The van der Waals surface area contributed by atoms with Gasteiger partial charge in [0.1, 0.15) is 0 Å². The first-order valence-electron chi connectivity index (χ1n) is 8.47. The maximum Gasteiger partial charge on any atom is 0.238 e. The van der Waals surface area contributed by atoms with E-state index in [0.717, 1.165) is 5.56 Å². The first-order chi connectivity index (χ1) is 13.9. The number of halogens is 2. The summed E-state index contributed by atoms with van der Waals surface area (Å²) < 4.78 is 15.9. The van der Waals surface area contributed by atoms with Crippen LogP contribution in [-0.2, 0) is 11.2 Å². The van der Waals surface area contributed by atoms with Gasteiger partial charge in [-0.25, -0.2) is 0 Å². The topological polar surface area (TPSA) is 80.9 Å². The molecule has 0 saturated carbocycles. The van der Waals surface area contributed by atoms with Gasteiger partial charge < -0.3 is 19.5 Å². The van der Waals surface area contributed by atoms with Crippen LogP contribution in [0, 0.1) is 0 Å². The number of hydrogen-bond donors (Lipinski definition) is 3. The smallest absolute Gasteiger partial charge is 0.238 e. The summed E-state index contributed by atoms with van der Waals surface area (Å²) in [6, 6.07) is 8.54. The Morgan fingerprint density at radius 3 is 2.24 bits per heavy atom. The van der Waals surface area contributed by atoms with Crippen LogP contribution in [0.15, 0.2) is 30.3 Å². The minimum Gasteiger partial charge on any atom is -0.493 e. The maximum atomic E-state index is 12.1. The highest BCUT2D eigenvalue weighted by molar-refractivity contribution is 7.80. The summed E-state index contributed by atoms with van der Waals surface area (Å²) in [6.07, 6.45) is 0.677. The highest BCUT2D eigenvalue weighted by Crippen LogP contribution is 2.38. The molecule has 156 valence electrons. The lowest BCUT2D eigenvalue weighted by Gasteiger charge is -2.15. The number of thiocarbonyl (C=S) groups is 1. The molecule has 0 atom stereocenters. The Bertz CT molecular complexity index is 871. The van der Waals surface area contributed by atoms with E-state index in [1.165, 1.54) is 21.3 Å². The van der Waals surface area contributed by atoms with Crippen LogP contribution in [0.3, 0.4) is 0 Å². The van der Waals surface area contributed by atoms with Crippen molar-refractivity contribution in [3.63, 3.8) is 0 Å². The lowest BCUT2D eigenvalue weighted by Crippen LogP contribution is -2.43. The number of carbonyl (C=O) groups is 1. The number of benzene rings is 2. The van der Waals surface area contributed by atoms with Crippen LogP contribution >= 0.6 is 35.4 Å². The van der Waals surface area contributed by atoms with Gasteiger partial charge in [0.2, 0.25) is 11.7 Å². The Morgan fingerprint density at radius 1 is 1.00 bits per heavy atom. The van der Waals surface area contributed by atoms with Crippen molar-refractivity contribution in [2.24, 2.45) is 0 Å². The number of nitrogens with one attached hydrogen (secondary N) is 3. The molecule has 2 rings (SSSR count). The largest absolute Gasteiger partial charge is 0.493 e. The molecule has 1 amide bonds. The lowest BCUT2D eigenvalue weighted by molar-refractivity contribution is -0.121. The quantitative estimate of drug-likeness (QED) is 0.428. The van der Waals surface area contributed by atoms with Crippen LogP contribution in [0.2, 0.25) is 10.0 Å². The zero-order chi connectivity index (χ0) is 21.4. The molecule has 0 bridgehead atoms. The van der Waals surface area contributed by atoms with Crippen molar-refractivity contribution < 1.29 is 19.0 Å². The van der Waals surface area contributed by atoms with Crippen LogP contribution in [0.1, 0.15) is 12.0 Å². The number of methoxy groups -OCH3 is 3. The van der Waals surface area contributed by atoms with Gasteiger partial charge in [-0.2, -0.15) is 0 Å². The van der Waals surface area contributed by atoms with Crippen LogP contribution in [0.5, 0.6) is 17.2 Å². The van der Waals surface area contributed by atoms with Gasteiger partial charge in [-0.15, -0.1) is 0 Å². The van der Waals surface area contributed by atoms with Crippen LogP contribution in [0.4, 0.5) is 5.69 Å². The summed E-state index contributed by atoms with van der Waals surface area (Å²) in [5.41, 5.74) is 6.55. The molecule has 0 spiro atoms. The second-order valence-corrected chi connectivity index (χ2v) is 7.04. The van der Waals surface area contributed by atoms with Gasteiger partial charge in [0.25, 0.3) is 0 Å². The van der Waals surface area contributed by atoms with E-state index in [1.54, 1.807) is 30.3 Å². The minimum atomic E-state index is -0.250. The molecule has 0 aliphatic carbocycles. The van der Waals surface area contributed by atoms with E-state index in [1.807, 2.05) is 0 Å². The Labute approximate surface area is 184 Å². The third-order valence-corrected chi connectivity index (χ3v) is 4.63. The highest BCUT2D eigenvalue weighted by Gasteiger charge is 2.14. The number of amides is 1. The molecule has 10 heteroatoms. The van der Waals surface area contributed by atoms with Gasteiger partial charge in [0.15, 0.2) is 16.6 Å². The van der Waals surface area contributed by atoms with Crippen LogP contribution in [-0.4, -0.2) is 32.3 Å². The Balaban J connectivity index is 1.88. The van der Waals surface area contributed by atoms with E-state index in [2.05, 4.69) is 16.2 Å². The monoisotopic (exact) mass is 457 g/mol. The fraction of sp³-hybridized carbons (Fsp3) is 0.263. The zero-order valence-electron chi connectivity index (χ0n) is 16.1. The normalized spacial score (nSPS) is 10.1. The fourth-order valence-electron chi connectivity index (χ4n) is 2.47. The maximum absolute atomic E-state index is 12.1. The number of anilines is 1. The molecule has 3 N–H and O–H groups in total. The fourth-order valence-corrected chi connectivity index (χ4v) is 2.97. The summed E-state index contributed by atoms with van der Waals surface area (Å²) in [7, 11) is 4.61. The summed E-state index contributed by atoms with van der Waals surface area (Å²) in [5, 5.41) is 4.00. The third-order valence-electron chi connectivity index (χ3n) is 3.86. The average Bonchev–Trinajstić information content (AvgIpc) is 2.72. The van der Waals surface area contributed by atoms with Gasteiger partial charge in [-0.3, -0.25) is 15.6 Å². The molecule has 2 aromatic rings. The third kappa shape index (κ3) is 6.56. The first-order valence-corrected chi connectivity index (χ1v) is 9.64. The minimum absolute atomic E-state index is 0.176. The molecule has 29 heavy (non-hydrogen) atoms. The van der Waals surface area contributed by atoms with Crippen molar-refractivity contribution in [2.75, 3.05) is 26.6 Å². The molecular weight excluding hydrogens is 437 g/mol. The zero-order valence-corrected chi connectivity index (χ0v) is 18.4. The van der Waals surface area contributed by atoms with Crippen molar-refractivity contribution >= 4 is 52.1 Å². The molecule has 0 saturated heterocycles. The van der Waals surface area contributed by atoms with Gasteiger partial charge in [-0.05, 0) is 54.5 Å². The predicted octanol–water partition coefficient (Wildman–Crippen LogP) is 3.97. The molecular formula is C19H21Cl2N3O4S. The highest BCUT2D eigenvalue weighted by atomic mass is 35.5. The van der Waals surface area contributed by atoms with Crippen LogP contribution in [0.25, 0.3) is 0 Å². The standard InChI is InChI=1S/C19H21Cl2N3O4S/c1-26-15-8-11(9-16(27-2)18(15)28-3)4-7-17(25)23-24-19(29)22-14-10-12(20)5-6-13(14)21/h5-6,8-10H,4,7H2,1-3H3,(H,23,25)(H2,22,24,29). The van der Waals surface area contributed by atoms with E-state index in [-0.39, 0.29) is 17.4 Å². The van der Waals surface area contributed by atoms with E-state index in [9.17, 15) is 4.79 Å².